The maximum atomic E-state index is 13.8. The van der Waals surface area contributed by atoms with Crippen LogP contribution in [0.3, 0.4) is 0 Å². The molecule has 0 amide bonds. The van der Waals surface area contributed by atoms with Gasteiger partial charge in [0.1, 0.15) is 11.4 Å². The molecule has 0 aromatic heterocycles. The van der Waals surface area contributed by atoms with Gasteiger partial charge in [-0.05, 0) is 40.4 Å². The summed E-state index contributed by atoms with van der Waals surface area (Å²) in [6.07, 6.45) is -0.401. The minimum absolute atomic E-state index is 0.0116. The van der Waals surface area contributed by atoms with E-state index >= 15 is 0 Å². The lowest BCUT2D eigenvalue weighted by Gasteiger charge is -2.40. The molecule has 5 rings (SSSR count). The Morgan fingerprint density at radius 2 is 1.14 bits per heavy atom. The maximum Gasteiger partial charge on any atom is 0.192 e. The Hall–Kier alpha value is -3.35. The number of hydrogen-bond acceptors (Lipinski definition) is 4. The summed E-state index contributed by atoms with van der Waals surface area (Å²) in [5, 5.41) is 0.0116. The van der Waals surface area contributed by atoms with Crippen LogP contribution in [0.5, 0.6) is 0 Å². The van der Waals surface area contributed by atoms with Gasteiger partial charge in [0.25, 0.3) is 0 Å². The van der Waals surface area contributed by atoms with Crippen molar-refractivity contribution in [2.75, 3.05) is 6.61 Å². The largest absolute Gasteiger partial charge is 0.411 e. The molecule has 1 fully saturated rings. The van der Waals surface area contributed by atoms with Gasteiger partial charge in [0.05, 0.1) is 31.3 Å². The Labute approximate surface area is 258 Å². The topological polar surface area (TPSA) is 44.8 Å². The third kappa shape index (κ3) is 6.76. The minimum atomic E-state index is -2.17. The molecule has 1 aliphatic rings. The zero-order valence-electron chi connectivity index (χ0n) is 26.0. The van der Waals surface area contributed by atoms with E-state index in [2.05, 4.69) is 82.4 Å². The van der Waals surface area contributed by atoms with Crippen molar-refractivity contribution in [1.82, 2.24) is 0 Å². The Balaban J connectivity index is 1.52. The monoisotopic (exact) mass is 592 g/mol. The number of benzene rings is 4. The highest BCUT2D eigenvalue weighted by atomic mass is 28.4. The summed E-state index contributed by atoms with van der Waals surface area (Å²) in [6, 6.07) is 41.0. The molecule has 0 N–H and O–H groups in total. The van der Waals surface area contributed by atoms with Crippen LogP contribution in [0.2, 0.25) is 18.1 Å². The second kappa shape index (κ2) is 13.1. The fourth-order valence-corrected chi connectivity index (χ4v) is 7.06. The highest BCUT2D eigenvalue weighted by Crippen LogP contribution is 2.44. The van der Waals surface area contributed by atoms with Crippen LogP contribution >= 0.6 is 0 Å². The van der Waals surface area contributed by atoms with Crippen LogP contribution in [0, 0.1) is 5.92 Å². The second-order valence-electron chi connectivity index (χ2n) is 13.0. The molecular formula is C38H44O4Si. The third-order valence-electron chi connectivity index (χ3n) is 9.14. The summed E-state index contributed by atoms with van der Waals surface area (Å²) in [6.45, 7) is 11.8. The molecule has 0 spiro atoms. The fourth-order valence-electron chi connectivity index (χ4n) is 5.73. The standard InChI is InChI=1S/C38H44O4Si/c1-37(2,3)43(4,5)42-35-26-34(39)33(36(35)40-27-29-18-10-6-11-19-29)28-41-38(30-20-12-7-13-21-30,31-22-14-8-15-23-31)32-24-16-9-17-25-32/h6-25,33,35-36H,26-28H2,1-5H3/t33-,35-,36+/m0/s1. The van der Waals surface area contributed by atoms with E-state index in [-0.39, 0.29) is 23.5 Å². The van der Waals surface area contributed by atoms with Crippen molar-refractivity contribution in [3.8, 4) is 0 Å². The van der Waals surface area contributed by atoms with E-state index in [0.29, 0.717) is 13.0 Å². The van der Waals surface area contributed by atoms with Crippen LogP contribution in [0.15, 0.2) is 121 Å². The summed E-state index contributed by atoms with van der Waals surface area (Å²) in [7, 11) is -2.17. The number of rotatable bonds is 11. The molecule has 0 aliphatic heterocycles. The number of hydrogen-bond donors (Lipinski definition) is 0. The van der Waals surface area contributed by atoms with E-state index in [0.717, 1.165) is 22.3 Å². The molecule has 3 atom stereocenters. The molecule has 4 aromatic carbocycles. The van der Waals surface area contributed by atoms with Gasteiger partial charge in [-0.2, -0.15) is 0 Å². The first-order valence-corrected chi connectivity index (χ1v) is 18.2. The molecule has 5 heteroatoms. The number of carbonyl (C=O) groups is 1. The van der Waals surface area contributed by atoms with Crippen LogP contribution < -0.4 is 0 Å². The minimum Gasteiger partial charge on any atom is -0.411 e. The molecule has 0 saturated heterocycles. The van der Waals surface area contributed by atoms with E-state index in [4.69, 9.17) is 13.9 Å². The molecule has 4 nitrogen and oxygen atoms in total. The molecule has 0 radical (unpaired) electrons. The van der Waals surface area contributed by atoms with Gasteiger partial charge in [-0.3, -0.25) is 4.79 Å². The van der Waals surface area contributed by atoms with Gasteiger partial charge in [-0.15, -0.1) is 0 Å². The number of ketones is 1. The maximum absolute atomic E-state index is 13.8. The SMILES string of the molecule is CC(C)(C)[Si](C)(C)O[C@H]1CC(=O)[C@H](COC(c2ccccc2)(c2ccccc2)c2ccccc2)[C@H]1OCc1ccccc1. The molecule has 1 aliphatic carbocycles. The van der Waals surface area contributed by atoms with Crippen molar-refractivity contribution in [2.45, 2.75) is 69.7 Å². The van der Waals surface area contributed by atoms with E-state index < -0.39 is 25.9 Å². The zero-order valence-corrected chi connectivity index (χ0v) is 27.0. The molecule has 0 unspecified atom stereocenters. The Kier molecular flexibility index (Phi) is 9.47. The van der Waals surface area contributed by atoms with Crippen molar-refractivity contribution in [3.63, 3.8) is 0 Å². The quantitative estimate of drug-likeness (QED) is 0.129. The number of carbonyl (C=O) groups excluding carboxylic acids is 1. The molecular weight excluding hydrogens is 549 g/mol. The van der Waals surface area contributed by atoms with Gasteiger partial charge in [0.15, 0.2) is 8.32 Å². The molecule has 1 saturated carbocycles. The van der Waals surface area contributed by atoms with E-state index in [9.17, 15) is 4.79 Å². The van der Waals surface area contributed by atoms with Gasteiger partial charge >= 0.3 is 0 Å². The molecule has 224 valence electrons. The lowest BCUT2D eigenvalue weighted by molar-refractivity contribution is -0.129. The first kappa shape index (κ1) is 31.1. The summed E-state index contributed by atoms with van der Waals surface area (Å²) in [5.41, 5.74) is 3.18. The highest BCUT2D eigenvalue weighted by molar-refractivity contribution is 6.74. The highest BCUT2D eigenvalue weighted by Gasteiger charge is 2.50. The lowest BCUT2D eigenvalue weighted by Crippen LogP contribution is -2.47. The number of ether oxygens (including phenoxy) is 2. The van der Waals surface area contributed by atoms with Crippen molar-refractivity contribution >= 4 is 14.1 Å². The van der Waals surface area contributed by atoms with Crippen molar-refractivity contribution in [2.24, 2.45) is 5.92 Å². The molecule has 4 aromatic rings. The van der Waals surface area contributed by atoms with Crippen LogP contribution in [0.1, 0.15) is 49.4 Å². The van der Waals surface area contributed by atoms with Crippen LogP contribution in [0.25, 0.3) is 0 Å². The van der Waals surface area contributed by atoms with Crippen molar-refractivity contribution < 1.29 is 18.7 Å². The average Bonchev–Trinajstić information content (AvgIpc) is 3.30. The zero-order chi connectivity index (χ0) is 30.5. The Morgan fingerprint density at radius 3 is 1.58 bits per heavy atom. The van der Waals surface area contributed by atoms with Crippen molar-refractivity contribution in [3.05, 3.63) is 144 Å². The predicted molar refractivity (Wildman–Crippen MR) is 175 cm³/mol. The summed E-state index contributed by atoms with van der Waals surface area (Å²) in [5.74, 6) is -0.334. The number of Topliss-reactive ketones (excluding diaryl/α,β-unsaturated/α-hetero) is 1. The van der Waals surface area contributed by atoms with Gasteiger partial charge in [-0.1, -0.05) is 142 Å². The molecule has 0 bridgehead atoms. The summed E-state index contributed by atoms with van der Waals surface area (Å²) >= 11 is 0. The van der Waals surface area contributed by atoms with E-state index in [1.165, 1.54) is 0 Å². The van der Waals surface area contributed by atoms with Crippen molar-refractivity contribution in [1.29, 1.82) is 0 Å². The normalized spacial score (nSPS) is 19.5. The third-order valence-corrected chi connectivity index (χ3v) is 13.6. The van der Waals surface area contributed by atoms with Crippen LogP contribution in [-0.4, -0.2) is 32.9 Å². The lowest BCUT2D eigenvalue weighted by atomic mass is 9.80. The van der Waals surface area contributed by atoms with Gasteiger partial charge in [0, 0.05) is 6.42 Å². The Morgan fingerprint density at radius 1 is 0.698 bits per heavy atom. The van der Waals surface area contributed by atoms with E-state index in [1.807, 2.05) is 72.8 Å². The summed E-state index contributed by atoms with van der Waals surface area (Å²) < 4.78 is 20.6. The van der Waals surface area contributed by atoms with Crippen LogP contribution in [0.4, 0.5) is 0 Å². The predicted octanol–water partition coefficient (Wildman–Crippen LogP) is 8.56. The first-order valence-electron chi connectivity index (χ1n) is 15.3. The molecule has 0 heterocycles. The second-order valence-corrected chi connectivity index (χ2v) is 17.8. The fraction of sp³-hybridized carbons (Fsp3) is 0.342. The smallest absolute Gasteiger partial charge is 0.192 e. The van der Waals surface area contributed by atoms with Gasteiger partial charge < -0.3 is 13.9 Å². The summed E-state index contributed by atoms with van der Waals surface area (Å²) in [4.78, 5) is 13.8. The average molecular weight is 593 g/mol. The molecule has 43 heavy (non-hydrogen) atoms. The van der Waals surface area contributed by atoms with E-state index in [1.54, 1.807) is 0 Å². The Bertz CT molecular complexity index is 1350. The van der Waals surface area contributed by atoms with Gasteiger partial charge in [-0.25, -0.2) is 0 Å². The first-order chi connectivity index (χ1) is 20.6. The van der Waals surface area contributed by atoms with Crippen LogP contribution in [-0.2, 0) is 30.9 Å². The van der Waals surface area contributed by atoms with Gasteiger partial charge in [0.2, 0.25) is 0 Å².